The maximum Gasteiger partial charge on any atom is 0.137 e. The second-order valence-electron chi connectivity index (χ2n) is 7.00. The van der Waals surface area contributed by atoms with Crippen LogP contribution in [0.1, 0.15) is 33.3 Å². The van der Waals surface area contributed by atoms with Crippen molar-refractivity contribution in [2.75, 3.05) is 0 Å². The molecule has 0 saturated carbocycles. The largest absolute Gasteiger partial charge is 0.387 e. The minimum atomic E-state index is -0.902. The van der Waals surface area contributed by atoms with Crippen LogP contribution in [0.25, 0.3) is 0 Å². The molecule has 1 aromatic carbocycles. The predicted molar refractivity (Wildman–Crippen MR) is 88.7 cm³/mol. The molecule has 0 spiro atoms. The van der Waals surface area contributed by atoms with Crippen molar-refractivity contribution in [1.82, 2.24) is 14.8 Å². The van der Waals surface area contributed by atoms with Gasteiger partial charge in [0.05, 0.1) is 12.1 Å². The first-order valence-electron chi connectivity index (χ1n) is 7.51. The molecule has 0 bridgehead atoms. The number of aliphatic hydroxyl groups is 1. The zero-order chi connectivity index (χ0) is 16.4. The molecule has 0 amide bonds. The zero-order valence-corrected chi connectivity index (χ0v) is 14.4. The highest BCUT2D eigenvalue weighted by Gasteiger charge is 2.45. The molecule has 4 nitrogen and oxygen atoms in total. The lowest BCUT2D eigenvalue weighted by molar-refractivity contribution is -0.113. The zero-order valence-electron chi connectivity index (χ0n) is 13.6. The summed E-state index contributed by atoms with van der Waals surface area (Å²) in [7, 11) is 0. The average Bonchev–Trinajstić information content (AvgIpc) is 2.92. The lowest BCUT2D eigenvalue weighted by Gasteiger charge is -2.44. The molecule has 1 aromatic heterocycles. The molecule has 0 aliphatic carbocycles. The average molecular weight is 322 g/mol. The number of rotatable bonds is 5. The van der Waals surface area contributed by atoms with E-state index in [2.05, 4.69) is 37.8 Å². The number of aromatic nitrogens is 3. The van der Waals surface area contributed by atoms with Crippen LogP contribution < -0.4 is 0 Å². The molecule has 2 atom stereocenters. The molecule has 1 N–H and O–H groups in total. The highest BCUT2D eigenvalue weighted by molar-refractivity contribution is 6.30. The number of hydrogen-bond donors (Lipinski definition) is 1. The minimum Gasteiger partial charge on any atom is -0.387 e. The lowest BCUT2D eigenvalue weighted by atomic mass is 9.67. The van der Waals surface area contributed by atoms with Gasteiger partial charge in [0, 0.05) is 5.02 Å². The van der Waals surface area contributed by atoms with Crippen molar-refractivity contribution in [3.63, 3.8) is 0 Å². The van der Waals surface area contributed by atoms with Gasteiger partial charge in [-0.2, -0.15) is 5.10 Å². The summed E-state index contributed by atoms with van der Waals surface area (Å²) in [6.45, 7) is 8.68. The van der Waals surface area contributed by atoms with Gasteiger partial charge in [-0.25, -0.2) is 4.98 Å². The van der Waals surface area contributed by atoms with Gasteiger partial charge in [-0.1, -0.05) is 51.4 Å². The van der Waals surface area contributed by atoms with Crippen molar-refractivity contribution in [3.8, 4) is 0 Å². The van der Waals surface area contributed by atoms with Crippen molar-refractivity contribution in [2.45, 2.75) is 46.3 Å². The quantitative estimate of drug-likeness (QED) is 0.915. The SMILES string of the molecule is CC(Cc1ccc(Cl)cc1)C(O)(Cn1cncn1)C(C)(C)C. The molecule has 1 heterocycles. The van der Waals surface area contributed by atoms with Crippen LogP contribution >= 0.6 is 11.6 Å². The Labute approximate surface area is 137 Å². The van der Waals surface area contributed by atoms with Gasteiger partial charge in [0.2, 0.25) is 0 Å². The third-order valence-electron chi connectivity index (χ3n) is 4.44. The second-order valence-corrected chi connectivity index (χ2v) is 7.44. The molecule has 0 fully saturated rings. The van der Waals surface area contributed by atoms with Crippen molar-refractivity contribution in [3.05, 3.63) is 47.5 Å². The third-order valence-corrected chi connectivity index (χ3v) is 4.69. The van der Waals surface area contributed by atoms with Gasteiger partial charge in [0.15, 0.2) is 0 Å². The highest BCUT2D eigenvalue weighted by Crippen LogP contribution is 2.39. The fraction of sp³-hybridized carbons (Fsp3) is 0.529. The van der Waals surface area contributed by atoms with Gasteiger partial charge < -0.3 is 5.11 Å². The molecule has 2 rings (SSSR count). The summed E-state index contributed by atoms with van der Waals surface area (Å²) >= 11 is 5.94. The van der Waals surface area contributed by atoms with Gasteiger partial charge in [0.1, 0.15) is 12.7 Å². The van der Waals surface area contributed by atoms with E-state index in [9.17, 15) is 5.11 Å². The van der Waals surface area contributed by atoms with Gasteiger partial charge in [0.25, 0.3) is 0 Å². The maximum atomic E-state index is 11.4. The Bertz CT molecular complexity index is 589. The summed E-state index contributed by atoms with van der Waals surface area (Å²) in [6.07, 6.45) is 3.91. The van der Waals surface area contributed by atoms with Crippen LogP contribution in [-0.2, 0) is 13.0 Å². The van der Waals surface area contributed by atoms with Crippen LogP contribution in [0.15, 0.2) is 36.9 Å². The Hall–Kier alpha value is -1.39. The fourth-order valence-corrected chi connectivity index (χ4v) is 2.96. The van der Waals surface area contributed by atoms with Crippen molar-refractivity contribution < 1.29 is 5.11 Å². The third kappa shape index (κ3) is 3.68. The van der Waals surface area contributed by atoms with Crippen LogP contribution in [0.3, 0.4) is 0 Å². The molecule has 0 aliphatic rings. The van der Waals surface area contributed by atoms with Crippen molar-refractivity contribution >= 4 is 11.6 Å². The monoisotopic (exact) mass is 321 g/mol. The van der Waals surface area contributed by atoms with Crippen LogP contribution in [0.4, 0.5) is 0 Å². The molecule has 2 unspecified atom stereocenters. The Morgan fingerprint density at radius 1 is 1.23 bits per heavy atom. The summed E-state index contributed by atoms with van der Waals surface area (Å²) in [5.74, 6) is 0.0536. The van der Waals surface area contributed by atoms with E-state index in [4.69, 9.17) is 11.6 Å². The van der Waals surface area contributed by atoms with Gasteiger partial charge >= 0.3 is 0 Å². The Morgan fingerprint density at radius 3 is 2.36 bits per heavy atom. The molecule has 22 heavy (non-hydrogen) atoms. The van der Waals surface area contributed by atoms with Crippen LogP contribution in [0.2, 0.25) is 5.02 Å². The molecular weight excluding hydrogens is 298 g/mol. The maximum absolute atomic E-state index is 11.4. The molecule has 0 saturated heterocycles. The summed E-state index contributed by atoms with van der Waals surface area (Å²) in [5.41, 5.74) is -0.0244. The first-order chi connectivity index (χ1) is 10.2. The van der Waals surface area contributed by atoms with Gasteiger partial charge in [-0.05, 0) is 35.4 Å². The summed E-state index contributed by atoms with van der Waals surface area (Å²) in [5, 5.41) is 16.3. The molecule has 120 valence electrons. The number of nitrogens with zero attached hydrogens (tertiary/aromatic N) is 3. The van der Waals surface area contributed by atoms with E-state index in [-0.39, 0.29) is 11.3 Å². The van der Waals surface area contributed by atoms with E-state index in [1.54, 1.807) is 11.0 Å². The second kappa shape index (κ2) is 6.39. The first kappa shape index (κ1) is 17.0. The molecule has 2 aromatic rings. The van der Waals surface area contributed by atoms with E-state index < -0.39 is 5.60 Å². The molecule has 5 heteroatoms. The fourth-order valence-electron chi connectivity index (χ4n) is 2.84. The Kier molecular flexibility index (Phi) is 4.93. The normalized spacial score (nSPS) is 16.3. The van der Waals surface area contributed by atoms with E-state index in [0.717, 1.165) is 17.0 Å². The van der Waals surface area contributed by atoms with E-state index >= 15 is 0 Å². The molecule has 0 aliphatic heterocycles. The Morgan fingerprint density at radius 2 is 1.86 bits per heavy atom. The van der Waals surface area contributed by atoms with Crippen molar-refractivity contribution in [1.29, 1.82) is 0 Å². The van der Waals surface area contributed by atoms with Crippen molar-refractivity contribution in [2.24, 2.45) is 11.3 Å². The number of benzene rings is 1. The predicted octanol–water partition coefficient (Wildman–Crippen LogP) is 3.59. The van der Waals surface area contributed by atoms with Gasteiger partial charge in [-0.15, -0.1) is 0 Å². The summed E-state index contributed by atoms with van der Waals surface area (Å²) < 4.78 is 1.70. The Balaban J connectivity index is 2.22. The summed E-state index contributed by atoms with van der Waals surface area (Å²) in [4.78, 5) is 3.97. The lowest BCUT2D eigenvalue weighted by Crippen LogP contribution is -2.52. The minimum absolute atomic E-state index is 0.0536. The first-order valence-corrected chi connectivity index (χ1v) is 7.89. The standard InChI is InChI=1S/C17H24ClN3O/c1-13(9-14-5-7-15(18)8-6-14)17(22,16(2,3)4)10-21-12-19-11-20-21/h5-8,11-13,22H,9-10H2,1-4H3. The number of hydrogen-bond acceptors (Lipinski definition) is 3. The van der Waals surface area contributed by atoms with Gasteiger partial charge in [-0.3, -0.25) is 4.68 Å². The topological polar surface area (TPSA) is 50.9 Å². The van der Waals surface area contributed by atoms with E-state index in [1.807, 2.05) is 24.3 Å². The van der Waals surface area contributed by atoms with Crippen LogP contribution in [0.5, 0.6) is 0 Å². The molecule has 0 radical (unpaired) electrons. The van der Waals surface area contributed by atoms with E-state index in [1.165, 1.54) is 6.33 Å². The summed E-state index contributed by atoms with van der Waals surface area (Å²) in [6, 6.07) is 7.79. The molecular formula is C17H24ClN3O. The van der Waals surface area contributed by atoms with E-state index in [0.29, 0.717) is 6.54 Å². The van der Waals surface area contributed by atoms with Crippen LogP contribution in [-0.4, -0.2) is 25.5 Å². The van der Waals surface area contributed by atoms with Crippen LogP contribution in [0, 0.1) is 11.3 Å². The number of halogens is 1. The smallest absolute Gasteiger partial charge is 0.137 e. The highest BCUT2D eigenvalue weighted by atomic mass is 35.5.